The summed E-state index contributed by atoms with van der Waals surface area (Å²) in [6.45, 7) is 3.87. The highest BCUT2D eigenvalue weighted by molar-refractivity contribution is 6.30. The lowest BCUT2D eigenvalue weighted by Crippen LogP contribution is -2.08. The Labute approximate surface area is 81.7 Å². The molecule has 0 saturated carbocycles. The second-order valence-corrected chi connectivity index (χ2v) is 2.98. The highest BCUT2D eigenvalue weighted by atomic mass is 35.5. The number of ether oxygens (including phenoxy) is 1. The van der Waals surface area contributed by atoms with Crippen LogP contribution in [-0.2, 0) is 4.74 Å². The first-order chi connectivity index (χ1) is 6.15. The van der Waals surface area contributed by atoms with Gasteiger partial charge in [-0.3, -0.25) is 0 Å². The Morgan fingerprint density at radius 2 is 2.38 bits per heavy atom. The third kappa shape index (κ3) is 2.42. The average molecular weight is 200 g/mol. The van der Waals surface area contributed by atoms with Crippen LogP contribution in [0.25, 0.3) is 0 Å². The number of nitrogens with zero attached hydrogens (tertiary/aromatic N) is 1. The second kappa shape index (κ2) is 4.23. The van der Waals surface area contributed by atoms with E-state index in [4.69, 9.17) is 16.3 Å². The first kappa shape index (κ1) is 9.99. The summed E-state index contributed by atoms with van der Waals surface area (Å²) in [5.41, 5.74) is 1.05. The van der Waals surface area contributed by atoms with Crippen LogP contribution in [-0.4, -0.2) is 17.6 Å². The number of hydrogen-bond acceptors (Lipinski definition) is 3. The normalized spacial score (nSPS) is 9.77. The van der Waals surface area contributed by atoms with Gasteiger partial charge >= 0.3 is 5.97 Å². The van der Waals surface area contributed by atoms with E-state index in [0.717, 1.165) is 5.56 Å². The van der Waals surface area contributed by atoms with E-state index in [9.17, 15) is 4.79 Å². The van der Waals surface area contributed by atoms with Crippen molar-refractivity contribution < 1.29 is 9.53 Å². The number of carbonyl (C=O) groups excluding carboxylic acids is 1. The predicted octanol–water partition coefficient (Wildman–Crippen LogP) is 2.22. The number of carbonyl (C=O) groups is 1. The molecule has 0 aromatic carbocycles. The molecule has 0 amide bonds. The van der Waals surface area contributed by atoms with Crippen LogP contribution in [0.4, 0.5) is 0 Å². The van der Waals surface area contributed by atoms with Crippen LogP contribution in [0.2, 0.25) is 5.02 Å². The van der Waals surface area contributed by atoms with Gasteiger partial charge in [0.25, 0.3) is 0 Å². The maximum Gasteiger partial charge on any atom is 0.357 e. The molecule has 1 aromatic heterocycles. The fourth-order valence-electron chi connectivity index (χ4n) is 0.954. The van der Waals surface area contributed by atoms with Crippen LogP contribution in [0.1, 0.15) is 23.0 Å². The van der Waals surface area contributed by atoms with Crippen LogP contribution >= 0.6 is 11.6 Å². The van der Waals surface area contributed by atoms with Crippen molar-refractivity contribution in [3.8, 4) is 0 Å². The average Bonchev–Trinajstić information content (AvgIpc) is 2.04. The minimum Gasteiger partial charge on any atom is -0.461 e. The molecule has 0 aliphatic heterocycles. The third-order valence-electron chi connectivity index (χ3n) is 1.51. The number of rotatable bonds is 2. The zero-order valence-electron chi connectivity index (χ0n) is 7.50. The van der Waals surface area contributed by atoms with E-state index in [-0.39, 0.29) is 0 Å². The Hall–Kier alpha value is -1.09. The van der Waals surface area contributed by atoms with Gasteiger partial charge in [0.2, 0.25) is 0 Å². The molecule has 0 N–H and O–H groups in total. The Morgan fingerprint density at radius 1 is 1.69 bits per heavy atom. The lowest BCUT2D eigenvalue weighted by molar-refractivity contribution is 0.0518. The fourth-order valence-corrected chi connectivity index (χ4v) is 1.17. The molecule has 0 aliphatic rings. The summed E-state index contributed by atoms with van der Waals surface area (Å²) in [7, 11) is 0. The zero-order chi connectivity index (χ0) is 9.84. The van der Waals surface area contributed by atoms with E-state index in [1.807, 2.05) is 0 Å². The van der Waals surface area contributed by atoms with Crippen molar-refractivity contribution in [3.63, 3.8) is 0 Å². The van der Waals surface area contributed by atoms with Gasteiger partial charge in [0.05, 0.1) is 11.6 Å². The van der Waals surface area contributed by atoms with E-state index in [1.54, 1.807) is 19.9 Å². The van der Waals surface area contributed by atoms with Gasteiger partial charge in [-0.25, -0.2) is 9.78 Å². The maximum absolute atomic E-state index is 11.2. The van der Waals surface area contributed by atoms with Gasteiger partial charge < -0.3 is 4.74 Å². The van der Waals surface area contributed by atoms with Crippen molar-refractivity contribution in [1.82, 2.24) is 4.98 Å². The minimum atomic E-state index is -0.406. The van der Waals surface area contributed by atoms with Crippen molar-refractivity contribution in [2.24, 2.45) is 0 Å². The molecular weight excluding hydrogens is 190 g/mol. The summed E-state index contributed by atoms with van der Waals surface area (Å²) in [6.07, 6.45) is 1.43. The summed E-state index contributed by atoms with van der Waals surface area (Å²) in [5, 5.41) is 0.519. The third-order valence-corrected chi connectivity index (χ3v) is 1.72. The van der Waals surface area contributed by atoms with E-state index >= 15 is 0 Å². The molecule has 0 bridgehead atoms. The molecule has 0 atom stereocenters. The number of hydrogen-bond donors (Lipinski definition) is 0. The maximum atomic E-state index is 11.2. The molecular formula is C9H10ClNO2. The van der Waals surface area contributed by atoms with Crippen molar-refractivity contribution in [2.75, 3.05) is 6.61 Å². The van der Waals surface area contributed by atoms with Crippen molar-refractivity contribution in [2.45, 2.75) is 13.8 Å². The molecule has 0 radical (unpaired) electrons. The summed E-state index contributed by atoms with van der Waals surface area (Å²) in [6, 6.07) is 1.68. The standard InChI is InChI=1S/C9H10ClNO2/c1-3-13-9(12)8-6(2)4-7(10)5-11-8/h4-5H,3H2,1-2H3. The first-order valence-electron chi connectivity index (χ1n) is 3.94. The number of esters is 1. The van der Waals surface area contributed by atoms with Crippen molar-refractivity contribution in [3.05, 3.63) is 28.5 Å². The molecule has 1 aromatic rings. The highest BCUT2D eigenvalue weighted by Gasteiger charge is 2.11. The smallest absolute Gasteiger partial charge is 0.357 e. The summed E-state index contributed by atoms with van der Waals surface area (Å²) >= 11 is 5.68. The number of halogens is 1. The molecule has 0 unspecified atom stereocenters. The Bertz CT molecular complexity index is 325. The summed E-state index contributed by atoms with van der Waals surface area (Å²) < 4.78 is 4.80. The minimum absolute atomic E-state index is 0.325. The highest BCUT2D eigenvalue weighted by Crippen LogP contribution is 2.12. The van der Waals surface area contributed by atoms with E-state index in [0.29, 0.717) is 17.3 Å². The molecule has 0 aliphatic carbocycles. The number of aromatic nitrogens is 1. The van der Waals surface area contributed by atoms with Gasteiger partial charge in [-0.15, -0.1) is 0 Å². The SMILES string of the molecule is CCOC(=O)c1ncc(Cl)cc1C. The van der Waals surface area contributed by atoms with Gasteiger partial charge in [-0.1, -0.05) is 11.6 Å². The van der Waals surface area contributed by atoms with Crippen LogP contribution in [0.3, 0.4) is 0 Å². The van der Waals surface area contributed by atoms with Gasteiger partial charge in [-0.2, -0.15) is 0 Å². The van der Waals surface area contributed by atoms with Crippen LogP contribution in [0.5, 0.6) is 0 Å². The van der Waals surface area contributed by atoms with Gasteiger partial charge in [0.15, 0.2) is 5.69 Å². The molecule has 3 nitrogen and oxygen atoms in total. The lowest BCUT2D eigenvalue weighted by atomic mass is 10.2. The molecule has 0 fully saturated rings. The van der Waals surface area contributed by atoms with E-state index in [1.165, 1.54) is 6.20 Å². The van der Waals surface area contributed by atoms with Gasteiger partial charge in [0, 0.05) is 6.20 Å². The molecule has 1 rings (SSSR count). The van der Waals surface area contributed by atoms with Gasteiger partial charge in [0.1, 0.15) is 0 Å². The number of aryl methyl sites for hydroxylation is 1. The van der Waals surface area contributed by atoms with Crippen LogP contribution in [0.15, 0.2) is 12.3 Å². The monoisotopic (exact) mass is 199 g/mol. The van der Waals surface area contributed by atoms with Crippen molar-refractivity contribution in [1.29, 1.82) is 0 Å². The molecule has 0 saturated heterocycles. The summed E-state index contributed by atoms with van der Waals surface area (Å²) in [4.78, 5) is 15.1. The second-order valence-electron chi connectivity index (χ2n) is 2.54. The molecule has 0 spiro atoms. The molecule has 4 heteroatoms. The van der Waals surface area contributed by atoms with E-state index in [2.05, 4.69) is 4.98 Å². The topological polar surface area (TPSA) is 39.2 Å². The van der Waals surface area contributed by atoms with Crippen LogP contribution in [0, 0.1) is 6.92 Å². The molecule has 1 heterocycles. The largest absolute Gasteiger partial charge is 0.461 e. The lowest BCUT2D eigenvalue weighted by Gasteiger charge is -2.03. The molecule has 13 heavy (non-hydrogen) atoms. The fraction of sp³-hybridized carbons (Fsp3) is 0.333. The zero-order valence-corrected chi connectivity index (χ0v) is 8.26. The van der Waals surface area contributed by atoms with Crippen molar-refractivity contribution >= 4 is 17.6 Å². The van der Waals surface area contributed by atoms with Gasteiger partial charge in [-0.05, 0) is 25.5 Å². The van der Waals surface area contributed by atoms with Crippen LogP contribution < -0.4 is 0 Å². The Morgan fingerprint density at radius 3 is 2.92 bits per heavy atom. The van der Waals surface area contributed by atoms with E-state index < -0.39 is 5.97 Å². The molecule has 70 valence electrons. The predicted molar refractivity (Wildman–Crippen MR) is 49.9 cm³/mol. The quantitative estimate of drug-likeness (QED) is 0.686. The Balaban J connectivity index is 2.95. The summed E-state index contributed by atoms with van der Waals surface area (Å²) in [5.74, 6) is -0.406. The Kier molecular flexibility index (Phi) is 3.25. The number of pyridine rings is 1. The first-order valence-corrected chi connectivity index (χ1v) is 4.32.